The number of nitrogens with two attached hydrogens (primary N) is 4. The molecule has 2 heterocycles. The number of ether oxygens (including phenoxy) is 2. The molecular formula is C47H63N11O14S. The zero-order chi connectivity index (χ0) is 54.4. The number of carbonyl (C=O) groups excluding carboxylic acids is 4. The van der Waals surface area contributed by atoms with Crippen molar-refractivity contribution in [1.82, 2.24) is 35.5 Å². The second-order valence-electron chi connectivity index (χ2n) is 18.6. The third-order valence-electron chi connectivity index (χ3n) is 11.8. The molecule has 396 valence electrons. The van der Waals surface area contributed by atoms with E-state index < -0.39 is 101 Å². The second-order valence-corrected chi connectivity index (χ2v) is 20.0. The first-order chi connectivity index (χ1) is 34.0. The van der Waals surface area contributed by atoms with E-state index in [1.807, 2.05) is 31.6 Å². The van der Waals surface area contributed by atoms with Crippen LogP contribution in [0, 0.1) is 13.8 Å². The highest BCUT2D eigenvalue weighted by Crippen LogP contribution is 2.45. The molecule has 5 rings (SSSR count). The highest BCUT2D eigenvalue weighted by Gasteiger charge is 2.38. The first-order valence-corrected chi connectivity index (χ1v) is 24.3. The van der Waals surface area contributed by atoms with Gasteiger partial charge in [-0.1, -0.05) is 32.9 Å². The number of phenolic OH excluding ortho intramolecular Hbond substituents is 2. The van der Waals surface area contributed by atoms with Crippen LogP contribution in [0.15, 0.2) is 42.5 Å². The van der Waals surface area contributed by atoms with Crippen molar-refractivity contribution in [2.45, 2.75) is 89.8 Å². The Balaban J connectivity index is 1.68. The van der Waals surface area contributed by atoms with Crippen LogP contribution in [0.2, 0.25) is 0 Å². The molecule has 4 amide bonds. The van der Waals surface area contributed by atoms with E-state index in [9.17, 15) is 57.9 Å². The van der Waals surface area contributed by atoms with Crippen molar-refractivity contribution < 1.29 is 67.4 Å². The fourth-order valence-corrected chi connectivity index (χ4v) is 8.17. The topological polar surface area (TPSA) is 420 Å². The Bertz CT molecular complexity index is 2830. The first kappa shape index (κ1) is 56.7. The summed E-state index contributed by atoms with van der Waals surface area (Å²) in [5.74, 6) is -7.34. The smallest absolute Gasteiger partial charge is 0.326 e. The lowest BCUT2D eigenvalue weighted by molar-refractivity contribution is -0.143. The number of aliphatic hydroxyl groups excluding tert-OH is 2. The number of hydrogen-bond donors (Lipinski definition) is 13. The fourth-order valence-electron chi connectivity index (χ4n) is 7.78. The number of hydrogen-bond acceptors (Lipinski definition) is 18. The van der Waals surface area contributed by atoms with E-state index in [0.717, 1.165) is 23.6 Å². The standard InChI is InChI=1S/C47H63N11O14S/c1-21-10-26(47(4,5)6)15-33(61)36(21)41-53-22(2)37(40(50)57-41)43(64)56-32(18-52-73(51,69)70)45(66)58(7)38-25-13-30(39(62)35(14-25)72-20-28(60)17-49)29-11-24(8-9-34(29)71-19-27(59)16-48)12-31(46(67)68)55-42(63)23(3)54-44(38)65/h8-11,13-15,23,27-28,31-32,38,52,59-62H,12,16-20,48-49H2,1-7H3,(H,54,65)(H,55,63)(H,56,64)(H,67,68)(H2,50,53,57)(H2,51,69,70)/t23-,27?,28?,31-,32?,38-/m0/s1. The summed E-state index contributed by atoms with van der Waals surface area (Å²) in [6.45, 7) is 8.02. The number of aromatic nitrogens is 2. The predicted molar refractivity (Wildman–Crippen MR) is 265 cm³/mol. The Morgan fingerprint density at radius 1 is 0.918 bits per heavy atom. The minimum atomic E-state index is -4.58. The Morgan fingerprint density at radius 2 is 1.55 bits per heavy atom. The summed E-state index contributed by atoms with van der Waals surface area (Å²) in [7, 11) is -3.48. The van der Waals surface area contributed by atoms with Crippen molar-refractivity contribution in [3.05, 3.63) is 76.0 Å². The number of benzene rings is 3. The number of carboxylic acids is 1. The summed E-state index contributed by atoms with van der Waals surface area (Å²) in [6, 6.07) is 3.26. The molecule has 3 unspecified atom stereocenters. The molecule has 1 aliphatic rings. The summed E-state index contributed by atoms with van der Waals surface area (Å²) < 4.78 is 38.3. The highest BCUT2D eigenvalue weighted by molar-refractivity contribution is 7.87. The van der Waals surface area contributed by atoms with Gasteiger partial charge in [0.2, 0.25) is 17.7 Å². The van der Waals surface area contributed by atoms with Gasteiger partial charge < -0.3 is 73.1 Å². The number of nitrogen functional groups attached to an aromatic ring is 1. The summed E-state index contributed by atoms with van der Waals surface area (Å²) in [6.07, 6.45) is -2.75. The van der Waals surface area contributed by atoms with Gasteiger partial charge in [0.05, 0.1) is 11.3 Å². The lowest BCUT2D eigenvalue weighted by atomic mass is 9.85. The molecule has 17 N–H and O–H groups in total. The molecule has 0 saturated heterocycles. The van der Waals surface area contributed by atoms with Gasteiger partial charge in [-0.2, -0.15) is 13.1 Å². The maximum absolute atomic E-state index is 14.9. The number of aryl methyl sites for hydroxylation is 2. The van der Waals surface area contributed by atoms with E-state index >= 15 is 0 Å². The monoisotopic (exact) mass is 1040 g/mol. The lowest BCUT2D eigenvalue weighted by Crippen LogP contribution is -2.57. The van der Waals surface area contributed by atoms with Crippen LogP contribution in [0.5, 0.6) is 23.0 Å². The summed E-state index contributed by atoms with van der Waals surface area (Å²) in [5.41, 5.74) is 18.6. The van der Waals surface area contributed by atoms with Crippen LogP contribution < -0.4 is 52.5 Å². The number of carboxylic acid groups (broad SMARTS) is 1. The molecule has 6 atom stereocenters. The number of nitrogens with one attached hydrogen (secondary N) is 4. The van der Waals surface area contributed by atoms with E-state index in [1.54, 1.807) is 13.0 Å². The number of anilines is 1. The van der Waals surface area contributed by atoms with Crippen LogP contribution in [-0.4, -0.2) is 149 Å². The zero-order valence-corrected chi connectivity index (χ0v) is 42.0. The molecule has 0 radical (unpaired) electrons. The number of phenols is 2. The second kappa shape index (κ2) is 23.1. The van der Waals surface area contributed by atoms with Crippen molar-refractivity contribution in [3.8, 4) is 45.5 Å². The Labute approximate surface area is 420 Å². The van der Waals surface area contributed by atoms with Gasteiger partial charge in [-0.15, -0.1) is 0 Å². The summed E-state index contributed by atoms with van der Waals surface area (Å²) >= 11 is 0. The molecule has 4 aromatic rings. The average molecular weight is 1040 g/mol. The van der Waals surface area contributed by atoms with Gasteiger partial charge in [0.15, 0.2) is 17.3 Å². The van der Waals surface area contributed by atoms with Gasteiger partial charge in [-0.25, -0.2) is 19.9 Å². The van der Waals surface area contributed by atoms with E-state index in [-0.39, 0.29) is 93.7 Å². The first-order valence-electron chi connectivity index (χ1n) is 22.7. The largest absolute Gasteiger partial charge is 0.507 e. The maximum atomic E-state index is 14.9. The summed E-state index contributed by atoms with van der Waals surface area (Å²) in [4.78, 5) is 79.5. The predicted octanol–water partition coefficient (Wildman–Crippen LogP) is -1.16. The molecular weight excluding hydrogens is 975 g/mol. The van der Waals surface area contributed by atoms with E-state index in [4.69, 9.17) is 31.8 Å². The quantitative estimate of drug-likeness (QED) is 0.0593. The van der Waals surface area contributed by atoms with Gasteiger partial charge >= 0.3 is 5.97 Å². The van der Waals surface area contributed by atoms with Crippen LogP contribution in [0.1, 0.15) is 72.0 Å². The number of carbonyl (C=O) groups is 5. The fraction of sp³-hybridized carbons (Fsp3) is 0.426. The van der Waals surface area contributed by atoms with Crippen LogP contribution in [0.3, 0.4) is 0 Å². The molecule has 3 aromatic carbocycles. The van der Waals surface area contributed by atoms with Gasteiger partial charge in [-0.05, 0) is 78.8 Å². The van der Waals surface area contributed by atoms with Crippen molar-refractivity contribution in [3.63, 3.8) is 0 Å². The Hall–Kier alpha value is -7.20. The minimum absolute atomic E-state index is 0.00694. The van der Waals surface area contributed by atoms with E-state index in [0.29, 0.717) is 5.56 Å². The molecule has 25 nitrogen and oxygen atoms in total. The highest BCUT2D eigenvalue weighted by atomic mass is 32.2. The molecule has 0 saturated carbocycles. The van der Waals surface area contributed by atoms with Gasteiger partial charge in [0.25, 0.3) is 16.1 Å². The number of rotatable bonds is 17. The number of fused-ring (bicyclic) bond motifs is 5. The number of aromatic hydroxyl groups is 2. The van der Waals surface area contributed by atoms with Crippen molar-refractivity contribution in [2.24, 2.45) is 16.6 Å². The molecule has 73 heavy (non-hydrogen) atoms. The number of amides is 4. The number of nitrogens with zero attached hydrogens (tertiary/aromatic N) is 3. The van der Waals surface area contributed by atoms with E-state index in [1.165, 1.54) is 38.1 Å². The molecule has 0 aliphatic carbocycles. The third-order valence-corrected chi connectivity index (χ3v) is 12.4. The van der Waals surface area contributed by atoms with Crippen molar-refractivity contribution >= 4 is 45.6 Å². The zero-order valence-electron chi connectivity index (χ0n) is 41.2. The Kier molecular flexibility index (Phi) is 18.0. The van der Waals surface area contributed by atoms with Crippen LogP contribution in [-0.2, 0) is 41.2 Å². The molecule has 1 aliphatic heterocycles. The minimum Gasteiger partial charge on any atom is -0.507 e. The molecule has 4 bridgehead atoms. The number of aliphatic hydroxyl groups is 2. The SMILES string of the molecule is Cc1cc(C(C)(C)C)cc(O)c1-c1nc(C)c(C(=O)NC(CNS(N)(=O)=O)C(=O)N(C)[C@@H]2C(=O)N[C@@H](C)C(=O)N[C@H](C(=O)O)Cc3ccc(OCC(O)CN)c(c3)-c3cc2cc(OCC(O)CN)c3O)c(N)n1. The van der Waals surface area contributed by atoms with Crippen LogP contribution in [0.25, 0.3) is 22.5 Å². The Morgan fingerprint density at radius 3 is 2.11 bits per heavy atom. The normalized spacial score (nSPS) is 17.5. The third kappa shape index (κ3) is 13.9. The maximum Gasteiger partial charge on any atom is 0.326 e. The lowest BCUT2D eigenvalue weighted by Gasteiger charge is -2.33. The van der Waals surface area contributed by atoms with Crippen LogP contribution >= 0.6 is 0 Å². The number of likely N-dealkylation sites (N-methyl/N-ethyl adjacent to an activating group) is 1. The van der Waals surface area contributed by atoms with Gasteiger partial charge in [-0.3, -0.25) is 19.2 Å². The molecule has 26 heteroatoms. The molecule has 1 aromatic heterocycles. The van der Waals surface area contributed by atoms with Gasteiger partial charge in [0, 0.05) is 44.2 Å². The van der Waals surface area contributed by atoms with Crippen molar-refractivity contribution in [2.75, 3.05) is 45.6 Å². The van der Waals surface area contributed by atoms with Crippen LogP contribution in [0.4, 0.5) is 5.82 Å². The summed E-state index contributed by atoms with van der Waals surface area (Å²) in [5, 5.41) is 66.4. The van der Waals surface area contributed by atoms with Crippen molar-refractivity contribution in [1.29, 1.82) is 0 Å². The molecule has 0 spiro atoms. The average Bonchev–Trinajstić information content (AvgIpc) is 3.30. The van der Waals surface area contributed by atoms with E-state index in [2.05, 4.69) is 25.9 Å². The van der Waals surface area contributed by atoms with Gasteiger partial charge in [0.1, 0.15) is 72.5 Å². The molecule has 0 fully saturated rings. The number of aliphatic carboxylic acids is 1.